The summed E-state index contributed by atoms with van der Waals surface area (Å²) in [5, 5.41) is 0. The molecule has 0 saturated carbocycles. The summed E-state index contributed by atoms with van der Waals surface area (Å²) in [4.78, 5) is 13.7. The molecule has 3 nitrogen and oxygen atoms in total. The largest absolute Gasteiger partial charge is 0.378 e. The first-order chi connectivity index (χ1) is 8.09. The lowest BCUT2D eigenvalue weighted by molar-refractivity contribution is -0.130. The summed E-state index contributed by atoms with van der Waals surface area (Å²) in [6, 6.07) is 0. The molecule has 1 aliphatic heterocycles. The molecular formula is C14H23NO2. The van der Waals surface area contributed by atoms with Crippen molar-refractivity contribution < 1.29 is 9.53 Å². The van der Waals surface area contributed by atoms with Crippen LogP contribution in [0.3, 0.4) is 0 Å². The summed E-state index contributed by atoms with van der Waals surface area (Å²) >= 11 is 0. The number of carbonyl (C=O) groups excluding carboxylic acids is 1. The number of rotatable bonds is 4. The molecule has 0 aromatic heterocycles. The Labute approximate surface area is 104 Å². The van der Waals surface area contributed by atoms with Crippen molar-refractivity contribution in [2.75, 3.05) is 26.3 Å². The molecule has 1 saturated heterocycles. The molecule has 0 aromatic carbocycles. The van der Waals surface area contributed by atoms with E-state index >= 15 is 0 Å². The summed E-state index contributed by atoms with van der Waals surface area (Å²) in [6.07, 6.45) is 5.95. The number of hydrogen-bond acceptors (Lipinski definition) is 2. The molecule has 0 atom stereocenters. The Morgan fingerprint density at radius 1 is 1.24 bits per heavy atom. The third-order valence-corrected chi connectivity index (χ3v) is 2.78. The first kappa shape index (κ1) is 14.0. The van der Waals surface area contributed by atoms with Crippen LogP contribution >= 0.6 is 0 Å². The number of morpholine rings is 1. The van der Waals surface area contributed by atoms with Crippen LogP contribution in [0.2, 0.25) is 0 Å². The van der Waals surface area contributed by atoms with E-state index in [4.69, 9.17) is 4.74 Å². The SMILES string of the molecule is CC(C)=CCCC(C)=CC(=O)N1CCOCC1. The van der Waals surface area contributed by atoms with Gasteiger partial charge < -0.3 is 9.64 Å². The van der Waals surface area contributed by atoms with Crippen LogP contribution in [-0.2, 0) is 9.53 Å². The minimum Gasteiger partial charge on any atom is -0.378 e. The van der Waals surface area contributed by atoms with Gasteiger partial charge >= 0.3 is 0 Å². The zero-order valence-corrected chi connectivity index (χ0v) is 11.2. The van der Waals surface area contributed by atoms with E-state index in [0.29, 0.717) is 13.2 Å². The number of allylic oxidation sites excluding steroid dienone is 3. The van der Waals surface area contributed by atoms with Crippen molar-refractivity contribution in [3.63, 3.8) is 0 Å². The second-order valence-corrected chi connectivity index (χ2v) is 4.75. The molecule has 1 rings (SSSR count). The fraction of sp³-hybridized carbons (Fsp3) is 0.643. The molecule has 1 amide bonds. The van der Waals surface area contributed by atoms with Crippen LogP contribution in [-0.4, -0.2) is 37.1 Å². The van der Waals surface area contributed by atoms with Gasteiger partial charge in [-0.2, -0.15) is 0 Å². The average Bonchev–Trinajstić information content (AvgIpc) is 2.29. The minimum atomic E-state index is 0.128. The Balaban J connectivity index is 2.38. The maximum atomic E-state index is 11.9. The van der Waals surface area contributed by atoms with Gasteiger partial charge in [0.25, 0.3) is 0 Å². The van der Waals surface area contributed by atoms with Crippen LogP contribution in [0.25, 0.3) is 0 Å². The smallest absolute Gasteiger partial charge is 0.246 e. The van der Waals surface area contributed by atoms with Gasteiger partial charge in [0.1, 0.15) is 0 Å². The molecule has 17 heavy (non-hydrogen) atoms. The highest BCUT2D eigenvalue weighted by Gasteiger charge is 2.14. The van der Waals surface area contributed by atoms with Gasteiger partial charge in [0.15, 0.2) is 0 Å². The van der Waals surface area contributed by atoms with Crippen molar-refractivity contribution in [2.45, 2.75) is 33.6 Å². The van der Waals surface area contributed by atoms with Crippen molar-refractivity contribution in [1.29, 1.82) is 0 Å². The van der Waals surface area contributed by atoms with E-state index in [1.165, 1.54) is 5.57 Å². The summed E-state index contributed by atoms with van der Waals surface area (Å²) < 4.78 is 5.22. The summed E-state index contributed by atoms with van der Waals surface area (Å²) in [6.45, 7) is 8.98. The normalized spacial score (nSPS) is 16.9. The van der Waals surface area contributed by atoms with Gasteiger partial charge in [-0.25, -0.2) is 0 Å². The van der Waals surface area contributed by atoms with E-state index in [1.54, 1.807) is 6.08 Å². The highest BCUT2D eigenvalue weighted by atomic mass is 16.5. The van der Waals surface area contributed by atoms with Gasteiger partial charge in [0.05, 0.1) is 13.2 Å². The van der Waals surface area contributed by atoms with Crippen LogP contribution in [0.15, 0.2) is 23.3 Å². The fourth-order valence-corrected chi connectivity index (χ4v) is 1.75. The predicted octanol–water partition coefficient (Wildman–Crippen LogP) is 2.54. The van der Waals surface area contributed by atoms with E-state index in [2.05, 4.69) is 19.9 Å². The number of amides is 1. The molecule has 0 N–H and O–H groups in total. The maximum Gasteiger partial charge on any atom is 0.246 e. The molecule has 0 aliphatic carbocycles. The lowest BCUT2D eigenvalue weighted by Gasteiger charge is -2.25. The first-order valence-corrected chi connectivity index (χ1v) is 6.27. The van der Waals surface area contributed by atoms with Crippen molar-refractivity contribution in [1.82, 2.24) is 4.90 Å². The van der Waals surface area contributed by atoms with Gasteiger partial charge in [-0.3, -0.25) is 4.79 Å². The van der Waals surface area contributed by atoms with Gasteiger partial charge in [-0.05, 0) is 33.6 Å². The lowest BCUT2D eigenvalue weighted by Crippen LogP contribution is -2.39. The van der Waals surface area contributed by atoms with Crippen LogP contribution in [0.5, 0.6) is 0 Å². The molecule has 0 bridgehead atoms. The quantitative estimate of drug-likeness (QED) is 0.555. The highest BCUT2D eigenvalue weighted by Crippen LogP contribution is 2.08. The molecule has 0 spiro atoms. The zero-order valence-electron chi connectivity index (χ0n) is 11.2. The maximum absolute atomic E-state index is 11.9. The second-order valence-electron chi connectivity index (χ2n) is 4.75. The second kappa shape index (κ2) is 7.28. The van der Waals surface area contributed by atoms with Crippen molar-refractivity contribution in [3.8, 4) is 0 Å². The summed E-state index contributed by atoms with van der Waals surface area (Å²) in [5.41, 5.74) is 2.48. The van der Waals surface area contributed by atoms with Crippen LogP contribution in [0, 0.1) is 0 Å². The third-order valence-electron chi connectivity index (χ3n) is 2.78. The topological polar surface area (TPSA) is 29.5 Å². The Kier molecular flexibility index (Phi) is 5.98. The van der Waals surface area contributed by atoms with Crippen LogP contribution in [0.4, 0.5) is 0 Å². The molecule has 0 aromatic rings. The number of hydrogen-bond donors (Lipinski definition) is 0. The number of carbonyl (C=O) groups is 1. The lowest BCUT2D eigenvalue weighted by atomic mass is 10.1. The molecule has 1 heterocycles. The molecule has 96 valence electrons. The molecule has 0 radical (unpaired) electrons. The molecular weight excluding hydrogens is 214 g/mol. The van der Waals surface area contributed by atoms with Gasteiger partial charge in [-0.1, -0.05) is 17.2 Å². The average molecular weight is 237 g/mol. The molecule has 1 aliphatic rings. The van der Waals surface area contributed by atoms with E-state index in [9.17, 15) is 4.79 Å². The minimum absolute atomic E-state index is 0.128. The predicted molar refractivity (Wildman–Crippen MR) is 69.8 cm³/mol. The summed E-state index contributed by atoms with van der Waals surface area (Å²) in [5.74, 6) is 0.128. The van der Waals surface area contributed by atoms with E-state index in [1.807, 2.05) is 11.8 Å². The Morgan fingerprint density at radius 3 is 2.47 bits per heavy atom. The van der Waals surface area contributed by atoms with Crippen LogP contribution in [0.1, 0.15) is 33.6 Å². The molecule has 3 heteroatoms. The number of nitrogens with zero attached hydrogens (tertiary/aromatic N) is 1. The monoisotopic (exact) mass is 237 g/mol. The Hall–Kier alpha value is -1.09. The Bertz CT molecular complexity index is 308. The summed E-state index contributed by atoms with van der Waals surface area (Å²) in [7, 11) is 0. The van der Waals surface area contributed by atoms with Gasteiger partial charge in [0, 0.05) is 19.2 Å². The van der Waals surface area contributed by atoms with E-state index in [0.717, 1.165) is 31.5 Å². The fourth-order valence-electron chi connectivity index (χ4n) is 1.75. The zero-order chi connectivity index (χ0) is 12.7. The number of ether oxygens (including phenoxy) is 1. The van der Waals surface area contributed by atoms with Gasteiger partial charge in [-0.15, -0.1) is 0 Å². The third kappa shape index (κ3) is 5.68. The standard InChI is InChI=1S/C14H23NO2/c1-12(2)5-4-6-13(3)11-14(16)15-7-9-17-10-8-15/h5,11H,4,6-10H2,1-3H3. The molecule has 0 unspecified atom stereocenters. The van der Waals surface area contributed by atoms with Crippen molar-refractivity contribution >= 4 is 5.91 Å². The molecule has 1 fully saturated rings. The van der Waals surface area contributed by atoms with Crippen LogP contribution < -0.4 is 0 Å². The Morgan fingerprint density at radius 2 is 1.88 bits per heavy atom. The van der Waals surface area contributed by atoms with Crippen molar-refractivity contribution in [3.05, 3.63) is 23.3 Å². The van der Waals surface area contributed by atoms with E-state index in [-0.39, 0.29) is 5.91 Å². The van der Waals surface area contributed by atoms with Crippen molar-refractivity contribution in [2.24, 2.45) is 0 Å². The highest BCUT2D eigenvalue weighted by molar-refractivity contribution is 5.88. The first-order valence-electron chi connectivity index (χ1n) is 6.27. The van der Waals surface area contributed by atoms with Gasteiger partial charge in [0.2, 0.25) is 5.91 Å². The van der Waals surface area contributed by atoms with E-state index < -0.39 is 0 Å².